The Morgan fingerprint density at radius 3 is 2.57 bits per heavy atom. The molecule has 0 saturated carbocycles. The van der Waals surface area contributed by atoms with Crippen LogP contribution in [0, 0.1) is 0 Å². The summed E-state index contributed by atoms with van der Waals surface area (Å²) in [6.07, 6.45) is 6.24. The van der Waals surface area contributed by atoms with E-state index in [0.717, 1.165) is 25.2 Å². The van der Waals surface area contributed by atoms with E-state index in [1.54, 1.807) is 0 Å². The molecule has 0 amide bonds. The molecule has 0 spiro atoms. The second kappa shape index (κ2) is 4.27. The van der Waals surface area contributed by atoms with Gasteiger partial charge in [-0.2, -0.15) is 0 Å². The van der Waals surface area contributed by atoms with Crippen LogP contribution in [0.2, 0.25) is 12.6 Å². The summed E-state index contributed by atoms with van der Waals surface area (Å²) in [5.41, 5.74) is 2.69. The molecular formula is C12H13BO. The minimum atomic E-state index is 0.252. The first-order chi connectivity index (χ1) is 6.90. The summed E-state index contributed by atoms with van der Waals surface area (Å²) in [6.45, 7) is 0.252. The van der Waals surface area contributed by atoms with E-state index in [9.17, 15) is 4.79 Å². The third-order valence-electron chi connectivity index (χ3n) is 2.79. The van der Waals surface area contributed by atoms with Crippen LogP contribution in [0.1, 0.15) is 12.0 Å². The van der Waals surface area contributed by atoms with Crippen molar-refractivity contribution >= 4 is 18.5 Å². The molecule has 1 aliphatic rings. The minimum Gasteiger partial charge on any atom is -0.315 e. The lowest BCUT2D eigenvalue weighted by molar-refractivity contribution is 0.567. The van der Waals surface area contributed by atoms with Crippen molar-refractivity contribution in [2.75, 3.05) is 0 Å². The molecule has 0 fully saturated rings. The number of hydrogen-bond acceptors (Lipinski definition) is 1. The molecule has 0 aliphatic carbocycles. The van der Waals surface area contributed by atoms with E-state index in [-0.39, 0.29) is 6.71 Å². The SMILES string of the molecule is O=CB1CC=C(c2ccccc2)CC1. The lowest BCUT2D eigenvalue weighted by atomic mass is 9.43. The molecule has 1 aromatic carbocycles. The van der Waals surface area contributed by atoms with Crippen LogP contribution in [-0.4, -0.2) is 12.9 Å². The molecule has 1 nitrogen and oxygen atoms in total. The van der Waals surface area contributed by atoms with E-state index in [1.165, 1.54) is 11.1 Å². The minimum absolute atomic E-state index is 0.252. The summed E-state index contributed by atoms with van der Waals surface area (Å²) >= 11 is 0. The standard InChI is InChI=1S/C12H13BO/c14-10-13-8-6-12(7-9-13)11-4-2-1-3-5-11/h1-6,10H,7-9H2. The Bertz CT molecular complexity index is 343. The molecule has 0 aromatic heterocycles. The van der Waals surface area contributed by atoms with E-state index in [0.29, 0.717) is 0 Å². The lowest BCUT2D eigenvalue weighted by Crippen LogP contribution is -2.16. The van der Waals surface area contributed by atoms with Gasteiger partial charge in [-0.25, -0.2) is 0 Å². The van der Waals surface area contributed by atoms with Gasteiger partial charge in [-0.3, -0.25) is 0 Å². The van der Waals surface area contributed by atoms with Gasteiger partial charge in [-0.05, 0) is 23.9 Å². The second-order valence-electron chi connectivity index (χ2n) is 3.77. The van der Waals surface area contributed by atoms with Crippen LogP contribution in [0.15, 0.2) is 36.4 Å². The average molecular weight is 184 g/mol. The molecule has 1 heterocycles. The predicted molar refractivity (Wildman–Crippen MR) is 61.2 cm³/mol. The Labute approximate surface area is 84.9 Å². The van der Waals surface area contributed by atoms with E-state index in [4.69, 9.17) is 0 Å². The molecule has 1 aliphatic heterocycles. The Morgan fingerprint density at radius 1 is 1.21 bits per heavy atom. The van der Waals surface area contributed by atoms with Crippen LogP contribution in [0.3, 0.4) is 0 Å². The Morgan fingerprint density at radius 2 is 2.00 bits per heavy atom. The molecule has 0 unspecified atom stereocenters. The number of hydrogen-bond donors (Lipinski definition) is 0. The smallest absolute Gasteiger partial charge is 0.223 e. The van der Waals surface area contributed by atoms with Crippen LogP contribution < -0.4 is 0 Å². The highest BCUT2D eigenvalue weighted by atomic mass is 16.1. The Kier molecular flexibility index (Phi) is 2.83. The van der Waals surface area contributed by atoms with Crippen LogP contribution in [-0.2, 0) is 4.79 Å². The van der Waals surface area contributed by atoms with Gasteiger partial charge < -0.3 is 4.79 Å². The van der Waals surface area contributed by atoms with Crippen molar-refractivity contribution in [1.29, 1.82) is 0 Å². The molecular weight excluding hydrogens is 171 g/mol. The van der Waals surface area contributed by atoms with Crippen molar-refractivity contribution in [2.45, 2.75) is 19.1 Å². The van der Waals surface area contributed by atoms with Crippen molar-refractivity contribution in [3.05, 3.63) is 42.0 Å². The zero-order valence-electron chi connectivity index (χ0n) is 8.15. The summed E-state index contributed by atoms with van der Waals surface area (Å²) < 4.78 is 0. The van der Waals surface area contributed by atoms with E-state index in [2.05, 4.69) is 30.3 Å². The summed E-state index contributed by atoms with van der Waals surface area (Å²) in [7, 11) is 0. The number of carbonyl (C=O) groups is 1. The lowest BCUT2D eigenvalue weighted by Gasteiger charge is -2.15. The fourth-order valence-corrected chi connectivity index (χ4v) is 1.89. The summed E-state index contributed by atoms with van der Waals surface area (Å²) in [4.78, 5) is 10.6. The van der Waals surface area contributed by atoms with Gasteiger partial charge in [0.05, 0.1) is 6.19 Å². The first-order valence-corrected chi connectivity index (χ1v) is 5.10. The van der Waals surface area contributed by atoms with Gasteiger partial charge in [-0.15, -0.1) is 0 Å². The molecule has 2 heteroatoms. The molecule has 70 valence electrons. The maximum atomic E-state index is 10.6. The van der Waals surface area contributed by atoms with Crippen LogP contribution in [0.5, 0.6) is 0 Å². The van der Waals surface area contributed by atoms with E-state index in [1.807, 2.05) is 6.07 Å². The second-order valence-corrected chi connectivity index (χ2v) is 3.77. The highest BCUT2D eigenvalue weighted by molar-refractivity contribution is 6.85. The summed E-state index contributed by atoms with van der Waals surface area (Å²) in [5, 5.41) is 0. The molecule has 0 saturated heterocycles. The van der Waals surface area contributed by atoms with Gasteiger partial charge in [0.15, 0.2) is 0 Å². The Hall–Kier alpha value is -1.31. The zero-order valence-corrected chi connectivity index (χ0v) is 8.15. The van der Waals surface area contributed by atoms with Gasteiger partial charge in [0.2, 0.25) is 6.71 Å². The molecule has 2 rings (SSSR count). The van der Waals surface area contributed by atoms with Gasteiger partial charge >= 0.3 is 0 Å². The molecule has 0 atom stereocenters. The quantitative estimate of drug-likeness (QED) is 0.510. The van der Waals surface area contributed by atoms with Gasteiger partial charge in [0.25, 0.3) is 0 Å². The predicted octanol–water partition coefficient (Wildman–Crippen LogP) is 2.74. The zero-order chi connectivity index (χ0) is 9.80. The molecule has 0 radical (unpaired) electrons. The van der Waals surface area contributed by atoms with Crippen molar-refractivity contribution < 1.29 is 4.79 Å². The number of rotatable bonds is 2. The van der Waals surface area contributed by atoms with Crippen molar-refractivity contribution in [2.24, 2.45) is 0 Å². The normalized spacial score (nSPS) is 16.3. The maximum absolute atomic E-state index is 10.6. The van der Waals surface area contributed by atoms with Crippen LogP contribution in [0.4, 0.5) is 0 Å². The van der Waals surface area contributed by atoms with Gasteiger partial charge in [-0.1, -0.05) is 42.7 Å². The highest BCUT2D eigenvalue weighted by Crippen LogP contribution is 2.26. The maximum Gasteiger partial charge on any atom is 0.223 e. The molecule has 0 N–H and O–H groups in total. The van der Waals surface area contributed by atoms with Crippen LogP contribution >= 0.6 is 0 Å². The van der Waals surface area contributed by atoms with E-state index < -0.39 is 0 Å². The third kappa shape index (κ3) is 1.95. The average Bonchev–Trinajstić information content (AvgIpc) is 2.30. The van der Waals surface area contributed by atoms with Crippen molar-refractivity contribution in [3.8, 4) is 0 Å². The topological polar surface area (TPSA) is 17.1 Å². The third-order valence-corrected chi connectivity index (χ3v) is 2.79. The first kappa shape index (κ1) is 9.26. The van der Waals surface area contributed by atoms with Crippen molar-refractivity contribution in [3.63, 3.8) is 0 Å². The van der Waals surface area contributed by atoms with Crippen LogP contribution in [0.25, 0.3) is 5.57 Å². The monoisotopic (exact) mass is 184 g/mol. The number of carbonyl (C=O) groups excluding carboxylic acids is 1. The fourth-order valence-electron chi connectivity index (χ4n) is 1.89. The number of benzene rings is 1. The first-order valence-electron chi connectivity index (χ1n) is 5.10. The molecule has 1 aromatic rings. The van der Waals surface area contributed by atoms with Gasteiger partial charge in [0.1, 0.15) is 0 Å². The summed E-state index contributed by atoms with van der Waals surface area (Å²) in [5.74, 6) is 0. The Balaban J connectivity index is 2.14. The molecule has 0 bridgehead atoms. The fraction of sp³-hybridized carbons (Fsp3) is 0.250. The van der Waals surface area contributed by atoms with Gasteiger partial charge in [0, 0.05) is 0 Å². The largest absolute Gasteiger partial charge is 0.315 e. The summed E-state index contributed by atoms with van der Waals surface area (Å²) in [6, 6.07) is 10.4. The highest BCUT2D eigenvalue weighted by Gasteiger charge is 2.17. The van der Waals surface area contributed by atoms with E-state index >= 15 is 0 Å². The van der Waals surface area contributed by atoms with Crippen molar-refractivity contribution in [1.82, 2.24) is 0 Å². The number of allylic oxidation sites excluding steroid dienone is 2. The molecule has 14 heavy (non-hydrogen) atoms.